The number of hydrogen-bond donors (Lipinski definition) is 1. The minimum absolute atomic E-state index is 0.570. The molecule has 1 N–H and O–H groups in total. The monoisotopic (exact) mass is 373 g/mol. The van der Waals surface area contributed by atoms with Gasteiger partial charge in [0, 0.05) is 24.0 Å². The summed E-state index contributed by atoms with van der Waals surface area (Å²) in [5, 5.41) is 4.43. The van der Waals surface area contributed by atoms with Crippen LogP contribution in [0.1, 0.15) is 38.6 Å². The second-order valence-corrected chi connectivity index (χ2v) is 7.85. The van der Waals surface area contributed by atoms with Gasteiger partial charge in [-0.15, -0.1) is 0 Å². The highest BCUT2D eigenvalue weighted by atomic mass is 15.1. The van der Waals surface area contributed by atoms with E-state index in [4.69, 9.17) is 4.98 Å². The second-order valence-electron chi connectivity index (χ2n) is 7.85. The van der Waals surface area contributed by atoms with Gasteiger partial charge in [0.15, 0.2) is 0 Å². The van der Waals surface area contributed by atoms with Gasteiger partial charge in [0.25, 0.3) is 0 Å². The van der Waals surface area contributed by atoms with Crippen LogP contribution in [0, 0.1) is 12.8 Å². The fourth-order valence-electron chi connectivity index (χ4n) is 3.59. The van der Waals surface area contributed by atoms with Crippen LogP contribution in [0.4, 0.5) is 11.5 Å². The molecule has 0 aliphatic heterocycles. The van der Waals surface area contributed by atoms with E-state index in [0.29, 0.717) is 5.92 Å². The quantitative estimate of drug-likeness (QED) is 0.475. The summed E-state index contributed by atoms with van der Waals surface area (Å²) in [7, 11) is 0. The largest absolute Gasteiger partial charge is 0.340 e. The van der Waals surface area contributed by atoms with Gasteiger partial charge in [0.05, 0.1) is 16.6 Å². The maximum absolute atomic E-state index is 4.96. The number of nitrogens with zero attached hydrogens (tertiary/aromatic N) is 4. The highest BCUT2D eigenvalue weighted by Crippen LogP contribution is 2.29. The first-order valence-corrected chi connectivity index (χ1v) is 10.0. The molecule has 0 radical (unpaired) electrons. The maximum Gasteiger partial charge on any atom is 0.141 e. The van der Waals surface area contributed by atoms with Crippen LogP contribution in [0.3, 0.4) is 0 Å². The molecule has 5 nitrogen and oxygen atoms in total. The first-order chi connectivity index (χ1) is 13.5. The first-order valence-electron chi connectivity index (χ1n) is 10.0. The van der Waals surface area contributed by atoms with Crippen molar-refractivity contribution in [1.29, 1.82) is 0 Å². The Morgan fingerprint density at radius 3 is 2.54 bits per heavy atom. The van der Waals surface area contributed by atoms with Crippen LogP contribution in [0.15, 0.2) is 42.7 Å². The third-order valence-corrected chi connectivity index (χ3v) is 4.94. The van der Waals surface area contributed by atoms with E-state index in [9.17, 15) is 0 Å². The average Bonchev–Trinajstić information content (AvgIpc) is 2.98. The van der Waals surface area contributed by atoms with Crippen molar-refractivity contribution in [3.05, 3.63) is 54.1 Å². The predicted molar refractivity (Wildman–Crippen MR) is 116 cm³/mol. The molecule has 0 saturated heterocycles. The molecule has 0 fully saturated rings. The second kappa shape index (κ2) is 7.58. The average molecular weight is 374 g/mol. The van der Waals surface area contributed by atoms with Crippen LogP contribution in [-0.2, 0) is 13.0 Å². The van der Waals surface area contributed by atoms with Gasteiger partial charge >= 0.3 is 0 Å². The molecule has 28 heavy (non-hydrogen) atoms. The number of hydrogen-bond acceptors (Lipinski definition) is 4. The summed E-state index contributed by atoms with van der Waals surface area (Å²) >= 11 is 0. The zero-order valence-electron chi connectivity index (χ0n) is 17.0. The SMILES string of the molecule is CCCn1c(CC(C)C)nc2cc3c(Nc4ccc(C)cc4)ncnc3cc21. The van der Waals surface area contributed by atoms with Gasteiger partial charge in [-0.3, -0.25) is 0 Å². The van der Waals surface area contributed by atoms with E-state index in [1.165, 1.54) is 5.56 Å². The number of benzene rings is 2. The Balaban J connectivity index is 1.83. The summed E-state index contributed by atoms with van der Waals surface area (Å²) in [6.45, 7) is 9.74. The molecular formula is C23H27N5. The Kier molecular flexibility index (Phi) is 4.99. The lowest BCUT2D eigenvalue weighted by Crippen LogP contribution is -2.06. The highest BCUT2D eigenvalue weighted by molar-refractivity contribution is 5.99. The van der Waals surface area contributed by atoms with Gasteiger partial charge in [0.1, 0.15) is 18.0 Å². The molecule has 4 rings (SSSR count). The van der Waals surface area contributed by atoms with Crippen LogP contribution in [0.5, 0.6) is 0 Å². The lowest BCUT2D eigenvalue weighted by Gasteiger charge is -2.10. The molecule has 4 aromatic rings. The Bertz CT molecular complexity index is 1110. The van der Waals surface area contributed by atoms with Gasteiger partial charge in [0.2, 0.25) is 0 Å². The zero-order chi connectivity index (χ0) is 19.7. The van der Waals surface area contributed by atoms with Crippen LogP contribution in [-0.4, -0.2) is 19.5 Å². The van der Waals surface area contributed by atoms with Crippen molar-refractivity contribution in [2.75, 3.05) is 5.32 Å². The van der Waals surface area contributed by atoms with Crippen LogP contribution in [0.2, 0.25) is 0 Å². The molecule has 0 amide bonds. The molecule has 2 heterocycles. The topological polar surface area (TPSA) is 55.6 Å². The van der Waals surface area contributed by atoms with E-state index in [-0.39, 0.29) is 0 Å². The number of nitrogens with one attached hydrogen (secondary N) is 1. The third-order valence-electron chi connectivity index (χ3n) is 4.94. The van der Waals surface area contributed by atoms with Crippen LogP contribution >= 0.6 is 0 Å². The molecule has 0 atom stereocenters. The zero-order valence-corrected chi connectivity index (χ0v) is 17.0. The Morgan fingerprint density at radius 1 is 1.04 bits per heavy atom. The molecule has 0 spiro atoms. The fraction of sp³-hybridized carbons (Fsp3) is 0.348. The van der Waals surface area contributed by atoms with Gasteiger partial charge in [-0.05, 0) is 43.5 Å². The predicted octanol–water partition coefficient (Wildman–Crippen LogP) is 5.64. The third kappa shape index (κ3) is 3.57. The molecule has 144 valence electrons. The lowest BCUT2D eigenvalue weighted by molar-refractivity contribution is 0.574. The van der Waals surface area contributed by atoms with Gasteiger partial charge in [-0.2, -0.15) is 0 Å². The first kappa shape index (κ1) is 18.4. The number of rotatable bonds is 6. The standard InChI is InChI=1S/C23H27N5/c1-5-10-28-21-13-19-18(12-20(21)27-22(28)11-15(2)3)23(25-14-24-19)26-17-8-6-16(4)7-9-17/h6-9,12-15H,5,10-11H2,1-4H3,(H,24,25,26). The molecule has 0 bridgehead atoms. The molecule has 5 heteroatoms. The number of anilines is 2. The number of aromatic nitrogens is 4. The van der Waals surface area contributed by atoms with Gasteiger partial charge < -0.3 is 9.88 Å². The summed E-state index contributed by atoms with van der Waals surface area (Å²) in [6.07, 6.45) is 3.68. The highest BCUT2D eigenvalue weighted by Gasteiger charge is 2.14. The van der Waals surface area contributed by atoms with Crippen molar-refractivity contribution >= 4 is 33.4 Å². The molecule has 2 aromatic carbocycles. The smallest absolute Gasteiger partial charge is 0.141 e. The molecular weight excluding hydrogens is 346 g/mol. The summed E-state index contributed by atoms with van der Waals surface area (Å²) in [5.74, 6) is 2.54. The van der Waals surface area contributed by atoms with Crippen molar-refractivity contribution < 1.29 is 0 Å². The Labute approximate surface area is 165 Å². The van der Waals surface area contributed by atoms with E-state index in [0.717, 1.165) is 58.7 Å². The van der Waals surface area contributed by atoms with Crippen LogP contribution in [0.25, 0.3) is 21.9 Å². The Morgan fingerprint density at radius 2 is 1.82 bits per heavy atom. The molecule has 0 aliphatic carbocycles. The van der Waals surface area contributed by atoms with E-state index in [2.05, 4.69) is 83.9 Å². The summed E-state index contributed by atoms with van der Waals surface area (Å²) in [4.78, 5) is 14.0. The normalized spacial score (nSPS) is 11.6. The summed E-state index contributed by atoms with van der Waals surface area (Å²) in [5.41, 5.74) is 5.36. The van der Waals surface area contributed by atoms with E-state index >= 15 is 0 Å². The number of imidazole rings is 1. The van der Waals surface area contributed by atoms with Gasteiger partial charge in [-0.1, -0.05) is 38.5 Å². The van der Waals surface area contributed by atoms with Crippen LogP contribution < -0.4 is 5.32 Å². The van der Waals surface area contributed by atoms with Crippen molar-refractivity contribution in [2.45, 2.75) is 47.1 Å². The van der Waals surface area contributed by atoms with Crippen molar-refractivity contribution in [3.8, 4) is 0 Å². The van der Waals surface area contributed by atoms with Crippen molar-refractivity contribution in [3.63, 3.8) is 0 Å². The van der Waals surface area contributed by atoms with Gasteiger partial charge in [-0.25, -0.2) is 15.0 Å². The molecule has 0 saturated carbocycles. The molecule has 0 aliphatic rings. The number of aryl methyl sites for hydroxylation is 2. The minimum atomic E-state index is 0.570. The number of fused-ring (bicyclic) bond motifs is 2. The molecule has 2 aromatic heterocycles. The van der Waals surface area contributed by atoms with E-state index in [1.54, 1.807) is 6.33 Å². The fourth-order valence-corrected chi connectivity index (χ4v) is 3.59. The summed E-state index contributed by atoms with van der Waals surface area (Å²) in [6, 6.07) is 12.6. The summed E-state index contributed by atoms with van der Waals surface area (Å²) < 4.78 is 2.35. The van der Waals surface area contributed by atoms with Crippen molar-refractivity contribution in [1.82, 2.24) is 19.5 Å². The van der Waals surface area contributed by atoms with E-state index in [1.807, 2.05) is 0 Å². The molecule has 0 unspecified atom stereocenters. The lowest BCUT2D eigenvalue weighted by atomic mass is 10.1. The minimum Gasteiger partial charge on any atom is -0.340 e. The van der Waals surface area contributed by atoms with Crippen molar-refractivity contribution in [2.24, 2.45) is 5.92 Å². The maximum atomic E-state index is 4.96. The Hall–Kier alpha value is -2.95. The van der Waals surface area contributed by atoms with E-state index < -0.39 is 0 Å².